The highest BCUT2D eigenvalue weighted by Gasteiger charge is 2.11. The zero-order valence-corrected chi connectivity index (χ0v) is 9.16. The lowest BCUT2D eigenvalue weighted by Gasteiger charge is -2.23. The fraction of sp³-hybridized carbons (Fsp3) is 0.417. The molecule has 0 aromatic heterocycles. The second-order valence-corrected chi connectivity index (χ2v) is 3.37. The summed E-state index contributed by atoms with van der Waals surface area (Å²) in [4.78, 5) is 12.8. The Balaban J connectivity index is 3.10. The van der Waals surface area contributed by atoms with Gasteiger partial charge in [-0.1, -0.05) is 13.0 Å². The van der Waals surface area contributed by atoms with Crippen molar-refractivity contribution >= 4 is 12.0 Å². The molecule has 0 atom stereocenters. The molecule has 0 spiro atoms. The van der Waals surface area contributed by atoms with E-state index in [9.17, 15) is 9.18 Å². The highest BCUT2D eigenvalue weighted by atomic mass is 19.1. The summed E-state index contributed by atoms with van der Waals surface area (Å²) in [6, 6.07) is 4.73. The zero-order valence-electron chi connectivity index (χ0n) is 9.16. The van der Waals surface area contributed by atoms with E-state index in [2.05, 4.69) is 6.92 Å². The lowest BCUT2D eigenvalue weighted by atomic mass is 10.1. The van der Waals surface area contributed by atoms with Crippen molar-refractivity contribution in [2.24, 2.45) is 0 Å². The number of carbonyl (C=O) groups is 1. The van der Waals surface area contributed by atoms with E-state index < -0.39 is 5.82 Å². The Morgan fingerprint density at radius 2 is 2.13 bits per heavy atom. The average molecular weight is 209 g/mol. The Morgan fingerprint density at radius 3 is 2.67 bits per heavy atom. The predicted octanol–water partition coefficient (Wildman–Crippen LogP) is 2.87. The number of benzene rings is 1. The third kappa shape index (κ3) is 2.55. The van der Waals surface area contributed by atoms with Crippen molar-refractivity contribution in [1.29, 1.82) is 0 Å². The number of hydrogen-bond donors (Lipinski definition) is 0. The lowest BCUT2D eigenvalue weighted by Crippen LogP contribution is -2.24. The molecule has 0 fully saturated rings. The fourth-order valence-corrected chi connectivity index (χ4v) is 1.64. The summed E-state index contributed by atoms with van der Waals surface area (Å²) < 4.78 is 13.3. The summed E-state index contributed by atoms with van der Waals surface area (Å²) in [5.74, 6) is -0.447. The van der Waals surface area contributed by atoms with E-state index in [1.54, 1.807) is 12.1 Å². The summed E-state index contributed by atoms with van der Waals surface area (Å²) in [6.45, 7) is 5.66. The largest absolute Gasteiger partial charge is 0.371 e. The third-order valence-corrected chi connectivity index (χ3v) is 2.36. The summed E-state index contributed by atoms with van der Waals surface area (Å²) >= 11 is 0. The van der Waals surface area contributed by atoms with Crippen molar-refractivity contribution in [3.05, 3.63) is 29.6 Å². The summed E-state index contributed by atoms with van der Waals surface area (Å²) in [5.41, 5.74) is 0.849. The van der Waals surface area contributed by atoms with Crippen molar-refractivity contribution in [1.82, 2.24) is 0 Å². The van der Waals surface area contributed by atoms with Gasteiger partial charge in [0.05, 0.1) is 11.3 Å². The van der Waals surface area contributed by atoms with Gasteiger partial charge in [-0.3, -0.25) is 4.79 Å². The Kier molecular flexibility index (Phi) is 4.28. The molecule has 0 unspecified atom stereocenters. The van der Waals surface area contributed by atoms with Gasteiger partial charge in [0.25, 0.3) is 0 Å². The van der Waals surface area contributed by atoms with Crippen molar-refractivity contribution in [3.8, 4) is 0 Å². The minimum absolute atomic E-state index is 0.160. The molecule has 0 N–H and O–H groups in total. The third-order valence-electron chi connectivity index (χ3n) is 2.36. The van der Waals surface area contributed by atoms with E-state index >= 15 is 0 Å². The van der Waals surface area contributed by atoms with E-state index in [1.165, 1.54) is 6.07 Å². The molecule has 3 heteroatoms. The van der Waals surface area contributed by atoms with E-state index in [1.807, 2.05) is 11.8 Å². The molecule has 0 bridgehead atoms. The van der Waals surface area contributed by atoms with Crippen LogP contribution in [0.15, 0.2) is 18.2 Å². The molecule has 1 rings (SSSR count). The van der Waals surface area contributed by atoms with E-state index in [0.717, 1.165) is 19.5 Å². The molecule has 2 nitrogen and oxygen atoms in total. The number of anilines is 1. The highest BCUT2D eigenvalue weighted by molar-refractivity contribution is 5.84. The number of aldehydes is 1. The van der Waals surface area contributed by atoms with E-state index in [-0.39, 0.29) is 5.56 Å². The van der Waals surface area contributed by atoms with Crippen LogP contribution in [0.25, 0.3) is 0 Å². The molecule has 0 aliphatic heterocycles. The van der Waals surface area contributed by atoms with Crippen LogP contribution >= 0.6 is 0 Å². The molecule has 0 aliphatic rings. The van der Waals surface area contributed by atoms with Gasteiger partial charge in [0.1, 0.15) is 5.82 Å². The van der Waals surface area contributed by atoms with Crippen LogP contribution in [-0.2, 0) is 0 Å². The second kappa shape index (κ2) is 5.49. The van der Waals surface area contributed by atoms with Crippen molar-refractivity contribution in [2.75, 3.05) is 18.0 Å². The van der Waals surface area contributed by atoms with Gasteiger partial charge < -0.3 is 4.90 Å². The summed E-state index contributed by atoms with van der Waals surface area (Å²) in [7, 11) is 0. The number of hydrogen-bond acceptors (Lipinski definition) is 2. The number of carbonyl (C=O) groups excluding carboxylic acids is 1. The molecule has 1 aromatic rings. The Hall–Kier alpha value is -1.38. The molecule has 0 saturated carbocycles. The Labute approximate surface area is 89.7 Å². The molecule has 15 heavy (non-hydrogen) atoms. The molecule has 82 valence electrons. The van der Waals surface area contributed by atoms with Crippen molar-refractivity contribution in [3.63, 3.8) is 0 Å². The molecular weight excluding hydrogens is 193 g/mol. The average Bonchev–Trinajstić information content (AvgIpc) is 2.25. The monoisotopic (exact) mass is 209 g/mol. The maximum absolute atomic E-state index is 13.3. The lowest BCUT2D eigenvalue weighted by molar-refractivity contribution is 0.112. The normalized spacial score (nSPS) is 10.1. The molecule has 0 radical (unpaired) electrons. The standard InChI is InChI=1S/C12H16FNO/c1-3-8-14(4-2)12-7-5-6-11(13)10(12)9-15/h5-7,9H,3-4,8H2,1-2H3. The number of rotatable bonds is 5. The van der Waals surface area contributed by atoms with Crippen LogP contribution in [-0.4, -0.2) is 19.4 Å². The smallest absolute Gasteiger partial charge is 0.155 e. The topological polar surface area (TPSA) is 20.3 Å². The second-order valence-electron chi connectivity index (χ2n) is 3.37. The van der Waals surface area contributed by atoms with Crippen LogP contribution in [0.5, 0.6) is 0 Å². The first-order valence-corrected chi connectivity index (χ1v) is 5.23. The first-order chi connectivity index (χ1) is 7.24. The quantitative estimate of drug-likeness (QED) is 0.695. The predicted molar refractivity (Wildman–Crippen MR) is 60.0 cm³/mol. The summed E-state index contributed by atoms with van der Waals surface area (Å²) in [6.07, 6.45) is 1.56. The van der Waals surface area contributed by atoms with Crippen LogP contribution in [0.1, 0.15) is 30.6 Å². The first kappa shape index (κ1) is 11.7. The molecule has 0 heterocycles. The minimum atomic E-state index is -0.447. The number of nitrogens with zero attached hydrogens (tertiary/aromatic N) is 1. The van der Waals surface area contributed by atoms with Gasteiger partial charge in [0.15, 0.2) is 6.29 Å². The molecular formula is C12H16FNO. The molecule has 0 saturated heterocycles. The van der Waals surface area contributed by atoms with Crippen LogP contribution in [0.2, 0.25) is 0 Å². The maximum atomic E-state index is 13.3. The van der Waals surface area contributed by atoms with Gasteiger partial charge in [0.2, 0.25) is 0 Å². The van der Waals surface area contributed by atoms with Crippen molar-refractivity contribution < 1.29 is 9.18 Å². The van der Waals surface area contributed by atoms with Gasteiger partial charge in [-0.2, -0.15) is 0 Å². The highest BCUT2D eigenvalue weighted by Crippen LogP contribution is 2.21. The summed E-state index contributed by atoms with van der Waals surface area (Å²) in [5, 5.41) is 0. The van der Waals surface area contributed by atoms with Crippen LogP contribution in [0, 0.1) is 5.82 Å². The SMILES string of the molecule is CCCN(CC)c1cccc(F)c1C=O. The van der Waals surface area contributed by atoms with Gasteiger partial charge >= 0.3 is 0 Å². The van der Waals surface area contributed by atoms with Gasteiger partial charge in [-0.25, -0.2) is 4.39 Å². The maximum Gasteiger partial charge on any atom is 0.155 e. The van der Waals surface area contributed by atoms with Gasteiger partial charge in [-0.15, -0.1) is 0 Å². The zero-order chi connectivity index (χ0) is 11.3. The molecule has 1 aromatic carbocycles. The Bertz CT molecular complexity index is 338. The van der Waals surface area contributed by atoms with E-state index in [4.69, 9.17) is 0 Å². The molecule has 0 aliphatic carbocycles. The molecule has 0 amide bonds. The number of halogens is 1. The van der Waals surface area contributed by atoms with Crippen LogP contribution in [0.4, 0.5) is 10.1 Å². The minimum Gasteiger partial charge on any atom is -0.371 e. The van der Waals surface area contributed by atoms with Gasteiger partial charge in [0, 0.05) is 13.1 Å². The fourth-order valence-electron chi connectivity index (χ4n) is 1.64. The first-order valence-electron chi connectivity index (χ1n) is 5.23. The van der Waals surface area contributed by atoms with Crippen LogP contribution in [0.3, 0.4) is 0 Å². The van der Waals surface area contributed by atoms with Crippen molar-refractivity contribution in [2.45, 2.75) is 20.3 Å². The van der Waals surface area contributed by atoms with E-state index in [0.29, 0.717) is 12.0 Å². The Morgan fingerprint density at radius 1 is 1.40 bits per heavy atom. The van der Waals surface area contributed by atoms with Crippen LogP contribution < -0.4 is 4.90 Å². The van der Waals surface area contributed by atoms with Gasteiger partial charge in [-0.05, 0) is 25.5 Å².